The Morgan fingerprint density at radius 3 is 2.32 bits per heavy atom. The molecule has 1 aromatic carbocycles. The highest BCUT2D eigenvalue weighted by molar-refractivity contribution is 5.90. The van der Waals surface area contributed by atoms with E-state index in [9.17, 15) is 34.8 Å². The maximum atomic E-state index is 13.3. The van der Waals surface area contributed by atoms with E-state index in [-0.39, 0.29) is 77.4 Å². The van der Waals surface area contributed by atoms with E-state index in [0.717, 1.165) is 63.7 Å². The van der Waals surface area contributed by atoms with Crippen molar-refractivity contribution in [3.63, 3.8) is 0 Å². The van der Waals surface area contributed by atoms with Gasteiger partial charge in [-0.05, 0) is 134 Å². The number of azide groups is 1. The average Bonchev–Trinajstić information content (AvgIpc) is 3.58. The van der Waals surface area contributed by atoms with E-state index in [4.69, 9.17) is 5.53 Å². The number of amides is 1. The molecule has 328 valence electrons. The zero-order chi connectivity index (χ0) is 42.5. The molecule has 4 aliphatic carbocycles. The minimum absolute atomic E-state index is 0.00789. The molecular weight excluding hydrogens is 753 g/mol. The van der Waals surface area contributed by atoms with Crippen molar-refractivity contribution in [3.05, 3.63) is 40.3 Å². The molecule has 1 aromatic rings. The Morgan fingerprint density at radius 1 is 0.932 bits per heavy atom. The van der Waals surface area contributed by atoms with Gasteiger partial charge in [0.05, 0.1) is 25.3 Å². The highest BCUT2D eigenvalue weighted by Gasteiger charge is 2.65. The van der Waals surface area contributed by atoms with Crippen molar-refractivity contribution in [1.29, 1.82) is 0 Å². The molecule has 0 radical (unpaired) electrons. The lowest BCUT2D eigenvalue weighted by atomic mass is 9.43. The first-order valence-corrected chi connectivity index (χ1v) is 22.2. The summed E-state index contributed by atoms with van der Waals surface area (Å²) in [6.45, 7) is 11.7. The summed E-state index contributed by atoms with van der Waals surface area (Å²) in [5.41, 5.74) is 10.5. The van der Waals surface area contributed by atoms with Crippen LogP contribution in [0.5, 0.6) is 0 Å². The predicted molar refractivity (Wildman–Crippen MR) is 226 cm³/mol. The second-order valence-corrected chi connectivity index (χ2v) is 19.4. The minimum atomic E-state index is -0.928. The Hall–Kier alpha value is -3.30. The van der Waals surface area contributed by atoms with Gasteiger partial charge in [-0.15, -0.1) is 0 Å². The van der Waals surface area contributed by atoms with Crippen molar-refractivity contribution in [2.24, 2.45) is 51.5 Å². The zero-order valence-electron chi connectivity index (χ0n) is 35.7. The van der Waals surface area contributed by atoms with E-state index in [1.54, 1.807) is 0 Å². The van der Waals surface area contributed by atoms with Crippen molar-refractivity contribution >= 4 is 23.5 Å². The Balaban J connectivity index is 1.02. The number of carbonyl (C=O) groups excluding carboxylic acids is 1. The molecule has 1 amide bonds. The molecule has 6 rings (SSSR count). The first-order chi connectivity index (χ1) is 28.1. The fourth-order valence-corrected chi connectivity index (χ4v) is 12.6. The van der Waals surface area contributed by atoms with E-state index in [0.29, 0.717) is 57.5 Å². The van der Waals surface area contributed by atoms with E-state index in [1.165, 1.54) is 0 Å². The number of likely N-dealkylation sites (N-methyl/N-ethyl adjacent to an activating group) is 1. The van der Waals surface area contributed by atoms with Gasteiger partial charge in [0.1, 0.15) is 0 Å². The Morgan fingerprint density at radius 2 is 1.63 bits per heavy atom. The standard InChI is InChI=1S/C44H70N8O7/c1-28(34-10-11-35-42-36(24-38(54)44(34,35)3)43(2)14-13-32(48-49-45)22-30(43)23-37(42)53)5-12-39(55)47-31-8-6-29(7-9-31)21-33(46-25-40(56)57)26-51-17-15-50(4)16-18-52(20-19-51)27-41(58)59/h6-9,28,30,32-38,42,46,53-54H,5,10-27H2,1-4H3,(H,47,55)(H,56,57)(H,58,59)/t28?,30-,32+,33?,34+,35?,36?,37?,38-,42?,43-,44+/m0/s1. The molecule has 15 heteroatoms. The van der Waals surface area contributed by atoms with Gasteiger partial charge in [0, 0.05) is 74.9 Å². The fourth-order valence-electron chi connectivity index (χ4n) is 12.6. The number of carbonyl (C=O) groups is 3. The number of hydrogen-bond acceptors (Lipinski definition) is 10. The molecule has 1 heterocycles. The largest absolute Gasteiger partial charge is 0.480 e. The van der Waals surface area contributed by atoms with Crippen molar-refractivity contribution < 1.29 is 34.8 Å². The number of fused-ring (bicyclic) bond motifs is 5. The van der Waals surface area contributed by atoms with Crippen LogP contribution in [0, 0.1) is 46.3 Å². The maximum absolute atomic E-state index is 13.3. The molecule has 4 saturated carbocycles. The van der Waals surface area contributed by atoms with Crippen molar-refractivity contribution in [3.8, 4) is 0 Å². The van der Waals surface area contributed by atoms with Crippen LogP contribution in [0.25, 0.3) is 10.4 Å². The van der Waals surface area contributed by atoms with Crippen LogP contribution in [0.2, 0.25) is 0 Å². The first-order valence-electron chi connectivity index (χ1n) is 22.2. The van der Waals surface area contributed by atoms with Crippen LogP contribution in [0.1, 0.15) is 84.1 Å². The summed E-state index contributed by atoms with van der Waals surface area (Å²) in [7, 11) is 2.03. The van der Waals surface area contributed by atoms with Crippen LogP contribution in [-0.4, -0.2) is 143 Å². The summed E-state index contributed by atoms with van der Waals surface area (Å²) in [6.07, 6.45) is 6.79. The number of nitrogens with zero attached hydrogens (tertiary/aromatic N) is 6. The van der Waals surface area contributed by atoms with Crippen molar-refractivity contribution in [2.75, 3.05) is 71.3 Å². The third-order valence-electron chi connectivity index (χ3n) is 16.0. The highest BCUT2D eigenvalue weighted by atomic mass is 16.4. The van der Waals surface area contributed by atoms with Gasteiger partial charge < -0.3 is 36.0 Å². The summed E-state index contributed by atoms with van der Waals surface area (Å²) < 4.78 is 0. The number of aliphatic hydroxyl groups is 2. The molecule has 0 spiro atoms. The number of aliphatic carboxylic acids is 2. The van der Waals surface area contributed by atoms with Crippen LogP contribution >= 0.6 is 0 Å². The Kier molecular flexibility index (Phi) is 15.0. The van der Waals surface area contributed by atoms with Crippen molar-refractivity contribution in [1.82, 2.24) is 20.0 Å². The smallest absolute Gasteiger partial charge is 0.317 e. The van der Waals surface area contributed by atoms with Gasteiger partial charge >= 0.3 is 11.9 Å². The summed E-state index contributed by atoms with van der Waals surface area (Å²) in [5.74, 6) is -0.445. The number of nitrogens with one attached hydrogen (secondary N) is 2. The Bertz CT molecular complexity index is 1660. The summed E-state index contributed by atoms with van der Waals surface area (Å²) in [4.78, 5) is 45.7. The number of carboxylic acids is 2. The van der Waals surface area contributed by atoms with E-state index >= 15 is 0 Å². The van der Waals surface area contributed by atoms with E-state index in [1.807, 2.05) is 36.2 Å². The van der Waals surface area contributed by atoms with Gasteiger partial charge in [-0.2, -0.15) is 0 Å². The number of aliphatic hydroxyl groups excluding tert-OH is 2. The fraction of sp³-hybridized carbons (Fsp3) is 0.795. The summed E-state index contributed by atoms with van der Waals surface area (Å²) in [6, 6.07) is 7.57. The van der Waals surface area contributed by atoms with Gasteiger partial charge in [0.15, 0.2) is 0 Å². The molecule has 15 nitrogen and oxygen atoms in total. The van der Waals surface area contributed by atoms with Crippen LogP contribution in [0.3, 0.4) is 0 Å². The maximum Gasteiger partial charge on any atom is 0.317 e. The molecule has 12 atom stereocenters. The number of benzene rings is 1. The normalized spacial score (nSPS) is 35.4. The van der Waals surface area contributed by atoms with Gasteiger partial charge in [0.2, 0.25) is 5.91 Å². The topological polar surface area (TPSA) is 215 Å². The number of rotatable bonds is 15. The summed E-state index contributed by atoms with van der Waals surface area (Å²) >= 11 is 0. The molecule has 0 aromatic heterocycles. The Labute approximate surface area is 349 Å². The number of carboxylic acid groups (broad SMARTS) is 2. The molecule has 1 aliphatic heterocycles. The highest BCUT2D eigenvalue weighted by Crippen LogP contribution is 2.68. The monoisotopic (exact) mass is 823 g/mol. The molecule has 5 aliphatic rings. The van der Waals surface area contributed by atoms with Crippen LogP contribution in [0.4, 0.5) is 5.69 Å². The van der Waals surface area contributed by atoms with E-state index < -0.39 is 24.1 Å². The third kappa shape index (κ3) is 10.6. The molecule has 5 fully saturated rings. The molecule has 59 heavy (non-hydrogen) atoms. The summed E-state index contributed by atoms with van der Waals surface area (Å²) in [5, 5.41) is 52.8. The SMILES string of the molecule is CC(CCC(=O)Nc1ccc(CC(CN2CCN(C)CCN(CC(=O)O)CC2)NCC(=O)O)cc1)[C@H]1CCC2C3C(O)C[C@@H]4C[C@H](N=[N+]=[N-])CC[C@]4(C)C3C[C@H](O)[C@@]21C. The van der Waals surface area contributed by atoms with E-state index in [2.05, 4.69) is 51.2 Å². The first kappa shape index (κ1) is 45.2. The molecule has 6 N–H and O–H groups in total. The minimum Gasteiger partial charge on any atom is -0.480 e. The second-order valence-electron chi connectivity index (χ2n) is 19.4. The van der Waals surface area contributed by atoms with Gasteiger partial charge in [-0.25, -0.2) is 0 Å². The van der Waals surface area contributed by atoms with Gasteiger partial charge in [-0.1, -0.05) is 38.0 Å². The lowest BCUT2D eigenvalue weighted by Gasteiger charge is -2.63. The quantitative estimate of drug-likeness (QED) is 0.0821. The third-order valence-corrected chi connectivity index (χ3v) is 16.0. The van der Waals surface area contributed by atoms with Crippen LogP contribution in [-0.2, 0) is 20.8 Å². The van der Waals surface area contributed by atoms with Crippen LogP contribution < -0.4 is 10.6 Å². The van der Waals surface area contributed by atoms with Crippen LogP contribution in [0.15, 0.2) is 29.4 Å². The molecule has 6 unspecified atom stereocenters. The van der Waals surface area contributed by atoms with Crippen molar-refractivity contribution in [2.45, 2.75) is 109 Å². The zero-order valence-corrected chi connectivity index (χ0v) is 35.7. The predicted octanol–water partition coefficient (Wildman–Crippen LogP) is 4.54. The lowest BCUT2D eigenvalue weighted by Crippen LogP contribution is -2.62. The van der Waals surface area contributed by atoms with Gasteiger partial charge in [0.25, 0.3) is 0 Å². The molecule has 1 saturated heterocycles. The van der Waals surface area contributed by atoms with Gasteiger partial charge in [-0.3, -0.25) is 24.2 Å². The molecular formula is C44H70N8O7. The molecule has 0 bridgehead atoms. The average molecular weight is 823 g/mol. The second kappa shape index (κ2) is 19.6. The lowest BCUT2D eigenvalue weighted by molar-refractivity contribution is -0.202. The number of anilines is 1. The number of hydrogen-bond donors (Lipinski definition) is 6.